The van der Waals surface area contributed by atoms with E-state index in [4.69, 9.17) is 0 Å². The summed E-state index contributed by atoms with van der Waals surface area (Å²) in [5, 5.41) is 4.21. The maximum atomic E-state index is 12.5. The van der Waals surface area contributed by atoms with Gasteiger partial charge in [0.15, 0.2) is 0 Å². The lowest BCUT2D eigenvalue weighted by molar-refractivity contribution is 0.102. The molecule has 18 heavy (non-hydrogen) atoms. The van der Waals surface area contributed by atoms with Gasteiger partial charge in [0, 0.05) is 6.54 Å². The molecule has 3 nitrogen and oxygen atoms in total. The first-order chi connectivity index (χ1) is 8.54. The fourth-order valence-corrected chi connectivity index (χ4v) is 4.86. The van der Waals surface area contributed by atoms with Gasteiger partial charge in [0.05, 0.1) is 23.8 Å². The first kappa shape index (κ1) is 14.4. The molecule has 2 aromatic rings. The van der Waals surface area contributed by atoms with Gasteiger partial charge >= 0.3 is 0 Å². The van der Waals surface area contributed by atoms with Gasteiger partial charge in [0.25, 0.3) is 0 Å². The van der Waals surface area contributed by atoms with Gasteiger partial charge in [-0.1, -0.05) is 6.92 Å². The number of carbonyl (C=O) groups is 1. The topological polar surface area (TPSA) is 34.9 Å². The minimum absolute atomic E-state index is 0.0262. The molecule has 2 rings (SSSR count). The van der Waals surface area contributed by atoms with Crippen molar-refractivity contribution in [1.82, 2.24) is 9.78 Å². The Labute approximate surface area is 134 Å². The zero-order valence-corrected chi connectivity index (χ0v) is 15.0. The maximum absolute atomic E-state index is 12.5. The zero-order valence-electron chi connectivity index (χ0n) is 9.41. The van der Waals surface area contributed by atoms with Crippen molar-refractivity contribution in [3.63, 3.8) is 0 Å². The summed E-state index contributed by atoms with van der Waals surface area (Å²) in [6.45, 7) is 2.79. The molecule has 0 fully saturated rings. The van der Waals surface area contributed by atoms with E-state index < -0.39 is 0 Å². The molecule has 0 aromatic carbocycles. The van der Waals surface area contributed by atoms with E-state index in [2.05, 4.69) is 59.8 Å². The van der Waals surface area contributed by atoms with Crippen LogP contribution < -0.4 is 0 Å². The number of hydrogen-bond acceptors (Lipinski definition) is 3. The summed E-state index contributed by atoms with van der Waals surface area (Å²) in [6.07, 6.45) is 2.60. The van der Waals surface area contributed by atoms with Crippen molar-refractivity contribution in [2.45, 2.75) is 19.9 Å². The highest BCUT2D eigenvalue weighted by atomic mass is 79.9. The third kappa shape index (κ3) is 2.79. The molecule has 0 bridgehead atoms. The second-order valence-corrected chi connectivity index (χ2v) is 8.23. The number of carbonyl (C=O) groups excluding carboxylic acids is 1. The van der Waals surface area contributed by atoms with Gasteiger partial charge in [-0.15, -0.1) is 11.3 Å². The number of aromatic nitrogens is 2. The van der Waals surface area contributed by atoms with Crippen molar-refractivity contribution >= 4 is 64.9 Å². The van der Waals surface area contributed by atoms with Gasteiger partial charge in [-0.25, -0.2) is 0 Å². The third-order valence-electron chi connectivity index (χ3n) is 2.35. The molecule has 0 amide bonds. The van der Waals surface area contributed by atoms with Crippen LogP contribution in [-0.4, -0.2) is 15.6 Å². The van der Waals surface area contributed by atoms with E-state index in [0.29, 0.717) is 11.3 Å². The van der Waals surface area contributed by atoms with Gasteiger partial charge in [0.1, 0.15) is 5.69 Å². The molecule has 2 heterocycles. The number of halogens is 3. The van der Waals surface area contributed by atoms with Crippen LogP contribution >= 0.6 is 59.1 Å². The minimum Gasteiger partial charge on any atom is -0.287 e. The lowest BCUT2D eigenvalue weighted by atomic mass is 10.1. The maximum Gasteiger partial charge on any atom is 0.214 e. The van der Waals surface area contributed by atoms with Crippen molar-refractivity contribution in [2.75, 3.05) is 0 Å². The molecule has 0 N–H and O–H groups in total. The van der Waals surface area contributed by atoms with Crippen LogP contribution in [0.3, 0.4) is 0 Å². The average molecular weight is 457 g/mol. The van der Waals surface area contributed by atoms with E-state index in [1.807, 2.05) is 6.07 Å². The predicted molar refractivity (Wildman–Crippen MR) is 83.4 cm³/mol. The summed E-state index contributed by atoms with van der Waals surface area (Å²) < 4.78 is 4.23. The quantitative estimate of drug-likeness (QED) is 0.615. The van der Waals surface area contributed by atoms with E-state index in [9.17, 15) is 4.79 Å². The predicted octanol–water partition coefficient (Wildman–Crippen LogP) is 4.87. The Morgan fingerprint density at radius 3 is 2.72 bits per heavy atom. The Morgan fingerprint density at radius 2 is 2.17 bits per heavy atom. The highest BCUT2D eigenvalue weighted by Crippen LogP contribution is 2.34. The van der Waals surface area contributed by atoms with Crippen molar-refractivity contribution in [3.05, 3.63) is 35.6 Å². The summed E-state index contributed by atoms with van der Waals surface area (Å²) in [5.41, 5.74) is 1.26. The van der Waals surface area contributed by atoms with Crippen LogP contribution in [0, 0.1) is 0 Å². The molecule has 7 heteroatoms. The standard InChI is InChI=1S/C11H9Br3N2OS/c1-2-3-16-9(7(12)5-15-16)10(17)6-4-8(13)18-11(6)14/h4-5H,2-3H2,1H3. The molecule has 0 spiro atoms. The number of thiophene rings is 1. The molecule has 0 saturated heterocycles. The summed E-state index contributed by atoms with van der Waals surface area (Å²) >= 11 is 11.7. The summed E-state index contributed by atoms with van der Waals surface area (Å²) in [6, 6.07) is 1.83. The van der Waals surface area contributed by atoms with E-state index in [-0.39, 0.29) is 5.78 Å². The first-order valence-electron chi connectivity index (χ1n) is 5.25. The molecule has 96 valence electrons. The lowest BCUT2D eigenvalue weighted by Crippen LogP contribution is -2.11. The van der Waals surface area contributed by atoms with Crippen LogP contribution in [0.2, 0.25) is 0 Å². The van der Waals surface area contributed by atoms with Gasteiger partial charge in [0.2, 0.25) is 5.78 Å². The summed E-state index contributed by atoms with van der Waals surface area (Å²) in [5.74, 6) is -0.0262. The molecule has 0 aliphatic rings. The third-order valence-corrected chi connectivity index (χ3v) is 5.27. The van der Waals surface area contributed by atoms with Gasteiger partial charge in [-0.05, 0) is 60.3 Å². The average Bonchev–Trinajstić information content (AvgIpc) is 2.82. The van der Waals surface area contributed by atoms with Gasteiger partial charge < -0.3 is 0 Å². The molecular weight excluding hydrogens is 448 g/mol. The van der Waals surface area contributed by atoms with Crippen molar-refractivity contribution in [1.29, 1.82) is 0 Å². The number of ketones is 1. The lowest BCUT2D eigenvalue weighted by Gasteiger charge is -2.05. The second-order valence-electron chi connectivity index (χ2n) is 3.63. The summed E-state index contributed by atoms with van der Waals surface area (Å²) in [4.78, 5) is 12.5. The van der Waals surface area contributed by atoms with Crippen LogP contribution in [0.15, 0.2) is 24.3 Å². The smallest absolute Gasteiger partial charge is 0.214 e. The van der Waals surface area contributed by atoms with Crippen molar-refractivity contribution < 1.29 is 4.79 Å². The van der Waals surface area contributed by atoms with Crippen LogP contribution in [0.25, 0.3) is 0 Å². The first-order valence-corrected chi connectivity index (χ1v) is 8.45. The van der Waals surface area contributed by atoms with Crippen molar-refractivity contribution in [3.8, 4) is 0 Å². The van der Waals surface area contributed by atoms with E-state index in [1.165, 1.54) is 11.3 Å². The Kier molecular flexibility index (Phi) is 4.80. The second kappa shape index (κ2) is 5.98. The summed E-state index contributed by atoms with van der Waals surface area (Å²) in [7, 11) is 0. The molecule has 0 saturated carbocycles. The van der Waals surface area contributed by atoms with E-state index >= 15 is 0 Å². The number of aryl methyl sites for hydroxylation is 1. The molecule has 0 radical (unpaired) electrons. The van der Waals surface area contributed by atoms with E-state index in [0.717, 1.165) is 25.0 Å². The Hall–Kier alpha value is 0.0200. The molecular formula is C11H9Br3N2OS. The van der Waals surface area contributed by atoms with Crippen LogP contribution in [0.4, 0.5) is 0 Å². The van der Waals surface area contributed by atoms with Crippen LogP contribution in [-0.2, 0) is 6.54 Å². The van der Waals surface area contributed by atoms with Crippen LogP contribution in [0.1, 0.15) is 29.4 Å². The van der Waals surface area contributed by atoms with Gasteiger partial charge in [-0.3, -0.25) is 9.48 Å². The Balaban J connectivity index is 2.45. The Morgan fingerprint density at radius 1 is 1.44 bits per heavy atom. The fraction of sp³-hybridized carbons (Fsp3) is 0.273. The highest BCUT2D eigenvalue weighted by molar-refractivity contribution is 9.12. The Bertz CT molecular complexity index is 591. The number of nitrogens with zero attached hydrogens (tertiary/aromatic N) is 2. The fourth-order valence-electron chi connectivity index (χ4n) is 1.59. The zero-order chi connectivity index (χ0) is 13.3. The van der Waals surface area contributed by atoms with Crippen molar-refractivity contribution in [2.24, 2.45) is 0 Å². The molecule has 2 aromatic heterocycles. The monoisotopic (exact) mass is 454 g/mol. The highest BCUT2D eigenvalue weighted by Gasteiger charge is 2.22. The number of hydrogen-bond donors (Lipinski definition) is 0. The molecule has 0 unspecified atom stereocenters. The van der Waals surface area contributed by atoms with Gasteiger partial charge in [-0.2, -0.15) is 5.10 Å². The normalized spacial score (nSPS) is 10.9. The molecule has 0 aliphatic carbocycles. The molecule has 0 aliphatic heterocycles. The van der Waals surface area contributed by atoms with Crippen LogP contribution in [0.5, 0.6) is 0 Å². The van der Waals surface area contributed by atoms with E-state index in [1.54, 1.807) is 10.9 Å². The molecule has 0 atom stereocenters. The SMILES string of the molecule is CCCn1ncc(Br)c1C(=O)c1cc(Br)sc1Br. The largest absolute Gasteiger partial charge is 0.287 e. The number of rotatable bonds is 4. The minimum atomic E-state index is -0.0262.